The van der Waals surface area contributed by atoms with Gasteiger partial charge in [-0.1, -0.05) is 35.9 Å². The van der Waals surface area contributed by atoms with Gasteiger partial charge in [-0.15, -0.1) is 11.3 Å². The highest BCUT2D eigenvalue weighted by Crippen LogP contribution is 2.26. The highest BCUT2D eigenvalue weighted by molar-refractivity contribution is 7.13. The van der Waals surface area contributed by atoms with Crippen molar-refractivity contribution in [2.24, 2.45) is 0 Å². The van der Waals surface area contributed by atoms with Crippen molar-refractivity contribution in [2.45, 2.75) is 13.3 Å². The highest BCUT2D eigenvalue weighted by Gasteiger charge is 2.12. The average molecular weight is 371 g/mol. The van der Waals surface area contributed by atoms with Crippen LogP contribution in [0.3, 0.4) is 0 Å². The van der Waals surface area contributed by atoms with Crippen molar-refractivity contribution in [2.75, 3.05) is 5.32 Å². The largest absolute Gasteiger partial charge is 0.325 e. The molecule has 1 heterocycles. The summed E-state index contributed by atoms with van der Waals surface area (Å²) >= 11 is 7.47. The van der Waals surface area contributed by atoms with Gasteiger partial charge in [0, 0.05) is 21.5 Å². The molecule has 0 aliphatic rings. The van der Waals surface area contributed by atoms with Gasteiger partial charge in [0.1, 0.15) is 5.01 Å². The molecule has 126 valence electrons. The van der Waals surface area contributed by atoms with Gasteiger partial charge in [-0.05, 0) is 31.2 Å². The normalized spacial score (nSPS) is 10.5. The number of benzene rings is 2. The molecule has 0 saturated carbocycles. The van der Waals surface area contributed by atoms with Crippen molar-refractivity contribution in [3.63, 3.8) is 0 Å². The molecule has 0 fully saturated rings. The third-order valence-electron chi connectivity index (χ3n) is 3.55. The number of hydrogen-bond donors (Lipinski definition) is 1. The van der Waals surface area contributed by atoms with Gasteiger partial charge in [0.15, 0.2) is 5.78 Å². The molecule has 0 aliphatic carbocycles. The topological polar surface area (TPSA) is 59.1 Å². The number of halogens is 1. The van der Waals surface area contributed by atoms with Crippen molar-refractivity contribution in [1.29, 1.82) is 0 Å². The predicted molar refractivity (Wildman–Crippen MR) is 101 cm³/mol. The van der Waals surface area contributed by atoms with Crippen molar-refractivity contribution >= 4 is 40.3 Å². The number of Topliss-reactive ketones (excluding diaryl/α,β-unsaturated/α-hetero) is 1. The first kappa shape index (κ1) is 17.3. The highest BCUT2D eigenvalue weighted by atomic mass is 35.5. The summed E-state index contributed by atoms with van der Waals surface area (Å²) in [5, 5.41) is 6.10. The lowest BCUT2D eigenvalue weighted by Gasteiger charge is -2.08. The molecule has 0 aliphatic heterocycles. The van der Waals surface area contributed by atoms with E-state index in [2.05, 4.69) is 10.3 Å². The van der Waals surface area contributed by atoms with Crippen molar-refractivity contribution in [3.05, 3.63) is 70.2 Å². The maximum Gasteiger partial charge on any atom is 0.230 e. The third-order valence-corrected chi connectivity index (χ3v) is 4.72. The number of carbonyl (C=O) groups is 2. The van der Waals surface area contributed by atoms with E-state index in [1.807, 2.05) is 23.6 Å². The summed E-state index contributed by atoms with van der Waals surface area (Å²) in [4.78, 5) is 28.4. The number of thiazole rings is 1. The molecule has 0 atom stereocenters. The van der Waals surface area contributed by atoms with Crippen LogP contribution in [0.2, 0.25) is 5.02 Å². The molecule has 0 spiro atoms. The van der Waals surface area contributed by atoms with E-state index in [0.717, 1.165) is 10.6 Å². The molecular formula is C19H15ClN2O2S. The van der Waals surface area contributed by atoms with Gasteiger partial charge in [-0.25, -0.2) is 4.98 Å². The van der Waals surface area contributed by atoms with E-state index in [0.29, 0.717) is 22.0 Å². The monoisotopic (exact) mass is 370 g/mol. The summed E-state index contributed by atoms with van der Waals surface area (Å²) in [6, 6.07) is 14.4. The van der Waals surface area contributed by atoms with Crippen LogP contribution in [0, 0.1) is 0 Å². The fourth-order valence-corrected chi connectivity index (χ4v) is 3.41. The maximum atomic E-state index is 12.3. The molecule has 6 heteroatoms. The number of amides is 1. The molecule has 0 saturated heterocycles. The molecule has 3 aromatic rings. The summed E-state index contributed by atoms with van der Waals surface area (Å²) in [5.41, 5.74) is 2.61. The Morgan fingerprint density at radius 1 is 1.16 bits per heavy atom. The summed E-state index contributed by atoms with van der Waals surface area (Å²) in [5.74, 6) is -0.301. The number of anilines is 1. The van der Waals surface area contributed by atoms with Crippen LogP contribution < -0.4 is 5.32 Å². The first-order valence-corrected chi connectivity index (χ1v) is 8.89. The van der Waals surface area contributed by atoms with Gasteiger partial charge in [-0.3, -0.25) is 9.59 Å². The molecule has 1 aromatic heterocycles. The van der Waals surface area contributed by atoms with E-state index in [-0.39, 0.29) is 18.1 Å². The van der Waals surface area contributed by atoms with Crippen LogP contribution in [-0.2, 0) is 11.2 Å². The fraction of sp³-hybridized carbons (Fsp3) is 0.105. The third kappa shape index (κ3) is 4.32. The van der Waals surface area contributed by atoms with Crippen LogP contribution in [0.4, 0.5) is 5.69 Å². The molecule has 25 heavy (non-hydrogen) atoms. The Bertz CT molecular complexity index is 936. The Balaban J connectivity index is 1.71. The molecule has 2 aromatic carbocycles. The number of rotatable bonds is 5. The average Bonchev–Trinajstić information content (AvgIpc) is 3.03. The molecule has 1 N–H and O–H groups in total. The number of ketones is 1. The Morgan fingerprint density at radius 2 is 1.96 bits per heavy atom. The van der Waals surface area contributed by atoms with E-state index in [9.17, 15) is 9.59 Å². The van der Waals surface area contributed by atoms with Crippen LogP contribution in [0.25, 0.3) is 10.6 Å². The fourth-order valence-electron chi connectivity index (χ4n) is 2.40. The van der Waals surface area contributed by atoms with Crippen LogP contribution in [-0.4, -0.2) is 16.7 Å². The van der Waals surface area contributed by atoms with Gasteiger partial charge in [-0.2, -0.15) is 0 Å². The molecule has 1 amide bonds. The first-order valence-electron chi connectivity index (χ1n) is 7.63. The zero-order valence-corrected chi connectivity index (χ0v) is 15.0. The zero-order chi connectivity index (χ0) is 17.8. The zero-order valence-electron chi connectivity index (χ0n) is 13.5. The van der Waals surface area contributed by atoms with Gasteiger partial charge in [0.25, 0.3) is 0 Å². The van der Waals surface area contributed by atoms with E-state index in [4.69, 9.17) is 11.6 Å². The standard InChI is InChI=1S/C19H15ClN2O2S/c1-12(23)16-7-2-3-8-17(16)22-18(24)10-15-11-25-19(21-15)13-5-4-6-14(20)9-13/h2-9,11H,10H2,1H3,(H,22,24). The number of nitrogens with one attached hydrogen (secondary N) is 1. The SMILES string of the molecule is CC(=O)c1ccccc1NC(=O)Cc1csc(-c2cccc(Cl)c2)n1. The summed E-state index contributed by atoms with van der Waals surface area (Å²) in [6.45, 7) is 1.47. The first-order chi connectivity index (χ1) is 12.0. The van der Waals surface area contributed by atoms with Crippen molar-refractivity contribution in [1.82, 2.24) is 4.98 Å². The van der Waals surface area contributed by atoms with E-state index >= 15 is 0 Å². The summed E-state index contributed by atoms with van der Waals surface area (Å²) in [7, 11) is 0. The van der Waals surface area contributed by atoms with Gasteiger partial charge >= 0.3 is 0 Å². The number of hydrogen-bond acceptors (Lipinski definition) is 4. The van der Waals surface area contributed by atoms with E-state index in [1.54, 1.807) is 30.3 Å². The lowest BCUT2D eigenvalue weighted by Crippen LogP contribution is -2.16. The van der Waals surface area contributed by atoms with E-state index in [1.165, 1.54) is 18.3 Å². The van der Waals surface area contributed by atoms with Gasteiger partial charge in [0.05, 0.1) is 17.8 Å². The molecule has 3 rings (SSSR count). The summed E-state index contributed by atoms with van der Waals surface area (Å²) in [6.07, 6.45) is 0.142. The van der Waals surface area contributed by atoms with Crippen molar-refractivity contribution < 1.29 is 9.59 Å². The van der Waals surface area contributed by atoms with Crippen LogP contribution in [0.1, 0.15) is 23.0 Å². The second-order valence-corrected chi connectivity index (χ2v) is 6.78. The lowest BCUT2D eigenvalue weighted by molar-refractivity contribution is -0.115. The van der Waals surface area contributed by atoms with E-state index < -0.39 is 0 Å². The summed E-state index contributed by atoms with van der Waals surface area (Å²) < 4.78 is 0. The second-order valence-electron chi connectivity index (χ2n) is 5.48. The second kappa shape index (κ2) is 7.59. The van der Waals surface area contributed by atoms with Crippen LogP contribution in [0.5, 0.6) is 0 Å². The molecule has 4 nitrogen and oxygen atoms in total. The number of para-hydroxylation sites is 1. The quantitative estimate of drug-likeness (QED) is 0.653. The number of aromatic nitrogens is 1. The molecule has 0 bridgehead atoms. The number of carbonyl (C=O) groups excluding carboxylic acids is 2. The van der Waals surface area contributed by atoms with Gasteiger partial charge < -0.3 is 5.32 Å². The Morgan fingerprint density at radius 3 is 2.72 bits per heavy atom. The number of nitrogens with zero attached hydrogens (tertiary/aromatic N) is 1. The Kier molecular flexibility index (Phi) is 5.26. The molecule has 0 radical (unpaired) electrons. The smallest absolute Gasteiger partial charge is 0.230 e. The predicted octanol–water partition coefficient (Wildman–Crippen LogP) is 4.85. The Hall–Kier alpha value is -2.50. The van der Waals surface area contributed by atoms with Gasteiger partial charge in [0.2, 0.25) is 5.91 Å². The minimum atomic E-state index is -0.211. The molecule has 0 unspecified atom stereocenters. The van der Waals surface area contributed by atoms with Crippen LogP contribution >= 0.6 is 22.9 Å². The molecular weight excluding hydrogens is 356 g/mol. The Labute approximate surface area is 154 Å². The minimum Gasteiger partial charge on any atom is -0.325 e. The van der Waals surface area contributed by atoms with Crippen molar-refractivity contribution in [3.8, 4) is 10.6 Å². The minimum absolute atomic E-state index is 0.0900. The van der Waals surface area contributed by atoms with Crippen LogP contribution in [0.15, 0.2) is 53.9 Å². The maximum absolute atomic E-state index is 12.3. The lowest BCUT2D eigenvalue weighted by atomic mass is 10.1.